The smallest absolute Gasteiger partial charge is 0.333 e. The van der Waals surface area contributed by atoms with E-state index in [9.17, 15) is 37.2 Å². The molecule has 1 aromatic carbocycles. The fourth-order valence-corrected chi connectivity index (χ4v) is 10.00. The van der Waals surface area contributed by atoms with E-state index in [0.717, 1.165) is 17.4 Å². The number of sulfone groups is 1. The number of nitrogens with one attached hydrogen (secondary N) is 1. The SMILES string of the molecule is CC(=O)OC[C@@]1(C)[C@H](C(=O)OC(C)OC(=O)[C@@H]2N3C(=O)[C@@H](NC(=O)Cc4ccccc4)[C@H]3SC2(C)C)N2C(=O)C[C@H]2S1(=O)=O. The Labute approximate surface area is 258 Å². The summed E-state index contributed by atoms with van der Waals surface area (Å²) in [5, 5.41) is 0.958. The molecule has 3 amide bonds. The highest BCUT2D eigenvalue weighted by atomic mass is 32.2. The van der Waals surface area contributed by atoms with E-state index in [-0.39, 0.29) is 18.7 Å². The number of amides is 3. The molecule has 1 unspecified atom stereocenters. The molecule has 0 bridgehead atoms. The second kappa shape index (κ2) is 11.1. The molecule has 4 aliphatic rings. The molecule has 5 rings (SSSR count). The first-order valence-electron chi connectivity index (χ1n) is 13.9. The van der Waals surface area contributed by atoms with E-state index in [1.165, 1.54) is 30.5 Å². The van der Waals surface area contributed by atoms with Crippen molar-refractivity contribution in [3.63, 3.8) is 0 Å². The van der Waals surface area contributed by atoms with Crippen LogP contribution in [0.3, 0.4) is 0 Å². The molecule has 238 valence electrons. The Kier molecular flexibility index (Phi) is 7.98. The summed E-state index contributed by atoms with van der Waals surface area (Å²) in [6.45, 7) is 6.32. The van der Waals surface area contributed by atoms with Crippen LogP contribution in [0.25, 0.3) is 0 Å². The largest absolute Gasteiger partial charge is 0.464 e. The number of carbonyl (C=O) groups is 6. The summed E-state index contributed by atoms with van der Waals surface area (Å²) in [6, 6.07) is 5.50. The van der Waals surface area contributed by atoms with Gasteiger partial charge in [-0.2, -0.15) is 0 Å². The molecule has 14 nitrogen and oxygen atoms in total. The molecule has 0 aromatic heterocycles. The van der Waals surface area contributed by atoms with Crippen LogP contribution >= 0.6 is 11.8 Å². The van der Waals surface area contributed by atoms with Crippen molar-refractivity contribution in [1.82, 2.24) is 15.1 Å². The van der Waals surface area contributed by atoms with Crippen molar-refractivity contribution in [3.8, 4) is 0 Å². The van der Waals surface area contributed by atoms with E-state index < -0.39 is 90.8 Å². The second-order valence-corrected chi connectivity index (χ2v) is 16.2. The Balaban J connectivity index is 1.23. The number of hydrogen-bond acceptors (Lipinski definition) is 12. The third kappa shape index (κ3) is 5.10. The van der Waals surface area contributed by atoms with Gasteiger partial charge < -0.3 is 29.3 Å². The molecule has 4 aliphatic heterocycles. The number of benzene rings is 1. The molecular weight excluding hydrogens is 618 g/mol. The highest BCUT2D eigenvalue weighted by Gasteiger charge is 2.71. The average molecular weight is 652 g/mol. The number of fused-ring (bicyclic) bond motifs is 2. The molecule has 0 radical (unpaired) electrons. The number of nitrogens with zero attached hydrogens (tertiary/aromatic N) is 2. The van der Waals surface area contributed by atoms with Gasteiger partial charge in [0.1, 0.15) is 34.2 Å². The first-order chi connectivity index (χ1) is 20.5. The zero-order chi connectivity index (χ0) is 32.4. The average Bonchev–Trinajstić information content (AvgIpc) is 3.26. The van der Waals surface area contributed by atoms with Gasteiger partial charge in [-0.25, -0.2) is 18.0 Å². The quantitative estimate of drug-likeness (QED) is 0.213. The lowest BCUT2D eigenvalue weighted by Crippen LogP contribution is -2.71. The van der Waals surface area contributed by atoms with E-state index in [1.807, 2.05) is 6.07 Å². The Bertz CT molecular complexity index is 1530. The van der Waals surface area contributed by atoms with E-state index in [1.54, 1.807) is 38.1 Å². The van der Waals surface area contributed by atoms with Crippen molar-refractivity contribution < 1.29 is 51.4 Å². The fraction of sp³-hybridized carbons (Fsp3) is 0.571. The number of carbonyl (C=O) groups excluding carboxylic acids is 6. The lowest BCUT2D eigenvalue weighted by molar-refractivity contribution is -0.196. The summed E-state index contributed by atoms with van der Waals surface area (Å²) in [5.74, 6) is -4.18. The van der Waals surface area contributed by atoms with Crippen LogP contribution in [0.2, 0.25) is 0 Å². The summed E-state index contributed by atoms with van der Waals surface area (Å²) in [5.41, 5.74) is 0.786. The van der Waals surface area contributed by atoms with Crippen molar-refractivity contribution in [1.29, 1.82) is 0 Å². The topological polar surface area (TPSA) is 183 Å². The second-order valence-electron chi connectivity index (χ2n) is 11.9. The van der Waals surface area contributed by atoms with Gasteiger partial charge in [0.05, 0.1) is 12.8 Å². The normalized spacial score (nSPS) is 31.5. The van der Waals surface area contributed by atoms with Crippen molar-refractivity contribution in [2.24, 2.45) is 0 Å². The molecule has 0 saturated carbocycles. The van der Waals surface area contributed by atoms with Gasteiger partial charge >= 0.3 is 17.9 Å². The standard InChI is InChI=1S/C28H33N3O11S2/c1-14(32)40-13-28(5)22(30-18(34)12-19(30)44(28,38)39)26(37)42-15(2)41-25(36)21-27(3,4)43-24-20(23(35)31(21)24)29-17(33)11-16-9-7-6-8-10-16/h6-10,15,19-22,24H,11-13H2,1-5H3,(H,29,33)/t15?,19-,20-,21+,22+,24-,28+/m1/s1. The van der Waals surface area contributed by atoms with Crippen LogP contribution < -0.4 is 5.32 Å². The highest BCUT2D eigenvalue weighted by Crippen LogP contribution is 2.51. The van der Waals surface area contributed by atoms with Crippen LogP contribution in [0.4, 0.5) is 0 Å². The summed E-state index contributed by atoms with van der Waals surface area (Å²) < 4.78 is 39.3. The Morgan fingerprint density at radius 1 is 1.02 bits per heavy atom. The number of esters is 3. The maximum Gasteiger partial charge on any atom is 0.333 e. The van der Waals surface area contributed by atoms with Gasteiger partial charge in [-0.1, -0.05) is 30.3 Å². The third-order valence-electron chi connectivity index (χ3n) is 8.35. The summed E-state index contributed by atoms with van der Waals surface area (Å²) in [6.07, 6.45) is -1.76. The van der Waals surface area contributed by atoms with Crippen molar-refractivity contribution in [2.45, 2.75) is 92.1 Å². The number of β-lactam (4-membered cyclic amide) rings is 2. The molecular formula is C28H33N3O11S2. The molecule has 0 spiro atoms. The lowest BCUT2D eigenvalue weighted by atomic mass is 9.96. The van der Waals surface area contributed by atoms with Crippen molar-refractivity contribution in [2.75, 3.05) is 6.61 Å². The van der Waals surface area contributed by atoms with E-state index in [4.69, 9.17) is 14.2 Å². The highest BCUT2D eigenvalue weighted by molar-refractivity contribution is 8.01. The molecule has 16 heteroatoms. The van der Waals surface area contributed by atoms with E-state index in [2.05, 4.69) is 5.32 Å². The van der Waals surface area contributed by atoms with Gasteiger partial charge in [0, 0.05) is 18.6 Å². The molecule has 4 heterocycles. The number of hydrogen-bond donors (Lipinski definition) is 1. The molecule has 4 fully saturated rings. The third-order valence-corrected chi connectivity index (χ3v) is 12.7. The Morgan fingerprint density at radius 2 is 1.64 bits per heavy atom. The Hall–Kier alpha value is -3.66. The fourth-order valence-electron chi connectivity index (χ4n) is 6.11. The van der Waals surface area contributed by atoms with Crippen LogP contribution in [0.1, 0.15) is 46.6 Å². The monoisotopic (exact) mass is 651 g/mol. The molecule has 1 aromatic rings. The van der Waals surface area contributed by atoms with E-state index in [0.29, 0.717) is 0 Å². The van der Waals surface area contributed by atoms with Crippen LogP contribution in [0.5, 0.6) is 0 Å². The van der Waals surface area contributed by atoms with Crippen LogP contribution in [0.15, 0.2) is 30.3 Å². The molecule has 44 heavy (non-hydrogen) atoms. The van der Waals surface area contributed by atoms with E-state index >= 15 is 0 Å². The van der Waals surface area contributed by atoms with Crippen LogP contribution in [0, 0.1) is 0 Å². The van der Waals surface area contributed by atoms with Gasteiger partial charge in [-0.05, 0) is 26.3 Å². The molecule has 1 N–H and O–H groups in total. The zero-order valence-corrected chi connectivity index (χ0v) is 26.3. The first kappa shape index (κ1) is 31.8. The van der Waals surface area contributed by atoms with Gasteiger partial charge in [0.25, 0.3) is 0 Å². The summed E-state index contributed by atoms with van der Waals surface area (Å²) in [7, 11) is -4.14. The predicted molar refractivity (Wildman–Crippen MR) is 153 cm³/mol. The minimum absolute atomic E-state index is 0.0890. The van der Waals surface area contributed by atoms with Crippen molar-refractivity contribution in [3.05, 3.63) is 35.9 Å². The lowest BCUT2D eigenvalue weighted by Gasteiger charge is -2.44. The number of thioether (sulfide) groups is 1. The Morgan fingerprint density at radius 3 is 2.23 bits per heavy atom. The summed E-state index contributed by atoms with van der Waals surface area (Å²) in [4.78, 5) is 78.3. The first-order valence-corrected chi connectivity index (χ1v) is 16.3. The maximum atomic E-state index is 13.3. The molecule has 0 aliphatic carbocycles. The van der Waals surface area contributed by atoms with Crippen molar-refractivity contribution >= 4 is 57.2 Å². The predicted octanol–water partition coefficient (Wildman–Crippen LogP) is -0.114. The number of rotatable bonds is 9. The molecule has 7 atom stereocenters. The van der Waals surface area contributed by atoms with Gasteiger partial charge in [0.15, 0.2) is 15.9 Å². The molecule has 4 saturated heterocycles. The number of ether oxygens (including phenoxy) is 3. The van der Waals surface area contributed by atoms with Gasteiger partial charge in [0.2, 0.25) is 24.0 Å². The summed E-state index contributed by atoms with van der Waals surface area (Å²) >= 11 is 1.32. The maximum absolute atomic E-state index is 13.3. The van der Waals surface area contributed by atoms with Crippen LogP contribution in [-0.4, -0.2) is 105 Å². The van der Waals surface area contributed by atoms with Crippen LogP contribution in [-0.2, 0) is 59.2 Å². The zero-order valence-electron chi connectivity index (χ0n) is 24.7. The van der Waals surface area contributed by atoms with Gasteiger partial charge in [-0.3, -0.25) is 19.2 Å². The van der Waals surface area contributed by atoms with Gasteiger partial charge in [-0.15, -0.1) is 11.8 Å². The minimum atomic E-state index is -4.14. The minimum Gasteiger partial charge on any atom is -0.464 e.